The summed E-state index contributed by atoms with van der Waals surface area (Å²) in [5, 5.41) is 0. The smallest absolute Gasteiger partial charge is 0.108 e. The van der Waals surface area contributed by atoms with Crippen LogP contribution in [0.3, 0.4) is 0 Å². The van der Waals surface area contributed by atoms with E-state index in [2.05, 4.69) is 6.30 Å². The Balaban J connectivity index is 2.82. The molecule has 0 heterocycles. The predicted molar refractivity (Wildman–Crippen MR) is 41.0 cm³/mol. The zero-order valence-corrected chi connectivity index (χ0v) is 6.79. The molecule has 7 heavy (non-hydrogen) atoms. The minimum atomic E-state index is -0.816. The molecule has 2 unspecified atom stereocenters. The average Bonchev–Trinajstić information content (AvgIpc) is 1.61. The van der Waals surface area contributed by atoms with Gasteiger partial charge in [0.2, 0.25) is 0 Å². The molecule has 0 rings (SSSR count). The molecule has 2 atom stereocenters. The van der Waals surface area contributed by atoms with Gasteiger partial charge in [0.05, 0.1) is 0 Å². The molecule has 0 aromatic carbocycles. The molecule has 0 spiro atoms. The number of hydrogen-bond acceptors (Lipinski definition) is 3. The van der Waals surface area contributed by atoms with Gasteiger partial charge in [0.25, 0.3) is 0 Å². The lowest BCUT2D eigenvalue weighted by Crippen LogP contribution is -1.51. The zero-order valence-electron chi connectivity index (χ0n) is 3.97. The molecule has 0 aromatic rings. The zero-order chi connectivity index (χ0) is 5.70. The molecule has 0 aliphatic rings. The average molecular weight is 158 g/mol. The first-order valence-corrected chi connectivity index (χ1v) is 6.17. The van der Waals surface area contributed by atoms with Crippen LogP contribution in [0.4, 0.5) is 0 Å². The second-order valence-corrected chi connectivity index (χ2v) is 4.60. The summed E-state index contributed by atoms with van der Waals surface area (Å²) < 4.78 is 13.0. The first kappa shape index (κ1) is 8.00. The largest absolute Gasteiger partial charge is 0.333 e. The Morgan fingerprint density at radius 2 is 2.57 bits per heavy atom. The van der Waals surface area contributed by atoms with Gasteiger partial charge in [0.15, 0.2) is 0 Å². The summed E-state index contributed by atoms with van der Waals surface area (Å²) in [6.07, 6.45) is 3.64. The first-order valence-electron chi connectivity index (χ1n) is 1.65. The highest BCUT2D eigenvalue weighted by Gasteiger charge is 1.80. The fourth-order valence-electron chi connectivity index (χ4n) is 0.0898. The molecule has 0 saturated carbocycles. The highest BCUT2D eigenvalue weighted by atomic mass is 32.7. The molecule has 1 N–H and O–H groups in total. The van der Waals surface area contributed by atoms with Crippen molar-refractivity contribution >= 4 is 33.7 Å². The van der Waals surface area contributed by atoms with Crippen LogP contribution in [-0.2, 0) is 4.31 Å². The van der Waals surface area contributed by atoms with Crippen molar-refractivity contribution in [3.8, 4) is 0 Å². The van der Waals surface area contributed by atoms with Gasteiger partial charge in [-0.25, -0.2) is 0 Å². The SMILES string of the molecule is C=[PH](C)OPSO. The Bertz CT molecular complexity index is 66.7. The maximum absolute atomic E-state index is 8.11. The minimum Gasteiger partial charge on any atom is -0.333 e. The van der Waals surface area contributed by atoms with Crippen LogP contribution in [0.25, 0.3) is 0 Å². The highest BCUT2D eigenvalue weighted by Crippen LogP contribution is 2.36. The lowest BCUT2D eigenvalue weighted by atomic mass is 11.9. The van der Waals surface area contributed by atoms with Crippen LogP contribution in [0.2, 0.25) is 0 Å². The van der Waals surface area contributed by atoms with Crippen molar-refractivity contribution in [3.63, 3.8) is 0 Å². The van der Waals surface area contributed by atoms with Crippen LogP contribution in [0, 0.1) is 0 Å². The summed E-state index contributed by atoms with van der Waals surface area (Å²) in [4.78, 5) is 0. The van der Waals surface area contributed by atoms with E-state index in [1.54, 1.807) is 0 Å². The van der Waals surface area contributed by atoms with Gasteiger partial charge in [-0.3, -0.25) is 0 Å². The maximum Gasteiger partial charge on any atom is 0.108 e. The normalized spacial score (nSPS) is 15.7. The van der Waals surface area contributed by atoms with Gasteiger partial charge in [-0.05, 0) is 14.4 Å². The van der Waals surface area contributed by atoms with E-state index in [0.717, 1.165) is 11.7 Å². The van der Waals surface area contributed by atoms with Gasteiger partial charge in [-0.15, -0.1) is 0 Å². The van der Waals surface area contributed by atoms with Gasteiger partial charge in [-0.2, -0.15) is 0 Å². The molecule has 0 saturated heterocycles. The van der Waals surface area contributed by atoms with E-state index in [9.17, 15) is 0 Å². The molecule has 0 fully saturated rings. The maximum atomic E-state index is 8.11. The topological polar surface area (TPSA) is 29.5 Å². The standard InChI is InChI=1S/C2H8O2P2S/c1-6(2)4-5-7-3/h3,5-6H,1H2,2H3. The fraction of sp³-hybridized carbons (Fsp3) is 0.500. The van der Waals surface area contributed by atoms with Crippen molar-refractivity contribution in [1.29, 1.82) is 0 Å². The van der Waals surface area contributed by atoms with E-state index in [1.807, 2.05) is 6.66 Å². The minimum absolute atomic E-state index is 0.150. The number of hydrogen-bond donors (Lipinski definition) is 1. The van der Waals surface area contributed by atoms with Crippen molar-refractivity contribution in [2.45, 2.75) is 0 Å². The number of rotatable bonds is 3. The Labute approximate surface area is 49.9 Å². The van der Waals surface area contributed by atoms with E-state index < -0.39 is 7.77 Å². The third-order valence-electron chi connectivity index (χ3n) is 0.253. The lowest BCUT2D eigenvalue weighted by molar-refractivity contribution is 0.668. The highest BCUT2D eigenvalue weighted by molar-refractivity contribution is 8.45. The molecule has 5 heteroatoms. The van der Waals surface area contributed by atoms with Gasteiger partial charge in [0, 0.05) is 11.7 Å². The molecule has 0 bridgehead atoms. The Hall–Kier alpha value is 1.00. The summed E-state index contributed by atoms with van der Waals surface area (Å²) in [6.45, 7) is 1.92. The predicted octanol–water partition coefficient (Wildman–Crippen LogP) is 1.91. The van der Waals surface area contributed by atoms with E-state index in [0.29, 0.717) is 0 Å². The summed E-state index contributed by atoms with van der Waals surface area (Å²) in [5.74, 6) is 0. The third kappa shape index (κ3) is 7.00. The molecular weight excluding hydrogens is 150 g/mol. The molecular formula is C2H8O2P2S. The molecule has 0 aromatic heterocycles. The molecule has 0 aliphatic carbocycles. The summed E-state index contributed by atoms with van der Waals surface area (Å²) in [7, 11) is -0.666. The lowest BCUT2D eigenvalue weighted by Gasteiger charge is -1.95. The molecule has 2 nitrogen and oxygen atoms in total. The van der Waals surface area contributed by atoms with Gasteiger partial charge < -0.3 is 8.86 Å². The van der Waals surface area contributed by atoms with Gasteiger partial charge >= 0.3 is 0 Å². The fourth-order valence-corrected chi connectivity index (χ4v) is 2.42. The first-order chi connectivity index (χ1) is 3.27. The van der Waals surface area contributed by atoms with Crippen molar-refractivity contribution in [2.75, 3.05) is 6.66 Å². The van der Waals surface area contributed by atoms with Crippen molar-refractivity contribution in [1.82, 2.24) is 0 Å². The van der Waals surface area contributed by atoms with E-state index in [-0.39, 0.29) is 8.01 Å². The molecule has 44 valence electrons. The molecule has 0 aliphatic heterocycles. The molecule has 0 radical (unpaired) electrons. The van der Waals surface area contributed by atoms with Crippen LogP contribution in [0.15, 0.2) is 0 Å². The van der Waals surface area contributed by atoms with Crippen LogP contribution in [0.1, 0.15) is 0 Å². The summed E-state index contributed by atoms with van der Waals surface area (Å²) in [6, 6.07) is 0. The van der Waals surface area contributed by atoms with Crippen LogP contribution < -0.4 is 0 Å². The second kappa shape index (κ2) is 5.14. The Morgan fingerprint density at radius 1 is 2.00 bits per heavy atom. The van der Waals surface area contributed by atoms with Crippen molar-refractivity contribution < 1.29 is 8.86 Å². The third-order valence-corrected chi connectivity index (χ3v) is 3.03. The summed E-state index contributed by atoms with van der Waals surface area (Å²) in [5.41, 5.74) is 0. The monoisotopic (exact) mass is 158 g/mol. The van der Waals surface area contributed by atoms with Crippen molar-refractivity contribution in [2.24, 2.45) is 0 Å². The van der Waals surface area contributed by atoms with E-state index in [1.165, 1.54) is 0 Å². The van der Waals surface area contributed by atoms with E-state index >= 15 is 0 Å². The van der Waals surface area contributed by atoms with Gasteiger partial charge in [0.1, 0.15) is 8.01 Å². The summed E-state index contributed by atoms with van der Waals surface area (Å²) >= 11 is 0.721. The van der Waals surface area contributed by atoms with E-state index in [4.69, 9.17) is 8.86 Å². The molecule has 0 amide bonds. The van der Waals surface area contributed by atoms with Crippen LogP contribution in [-0.4, -0.2) is 17.5 Å². The second-order valence-electron chi connectivity index (χ2n) is 0.979. The van der Waals surface area contributed by atoms with Crippen LogP contribution in [0.5, 0.6) is 0 Å². The Kier molecular flexibility index (Phi) is 5.88. The Morgan fingerprint density at radius 3 is 2.71 bits per heavy atom. The van der Waals surface area contributed by atoms with Crippen molar-refractivity contribution in [3.05, 3.63) is 0 Å². The quantitative estimate of drug-likeness (QED) is 0.502. The van der Waals surface area contributed by atoms with Crippen LogP contribution >= 0.6 is 27.4 Å². The van der Waals surface area contributed by atoms with Gasteiger partial charge in [-0.1, -0.05) is 6.30 Å².